The van der Waals surface area contributed by atoms with E-state index in [1.807, 2.05) is 30.3 Å². The molecule has 9 heteroatoms. The van der Waals surface area contributed by atoms with E-state index in [-0.39, 0.29) is 5.89 Å². The molecule has 1 amide bonds. The Bertz CT molecular complexity index is 798. The summed E-state index contributed by atoms with van der Waals surface area (Å²) in [6.07, 6.45) is 0.334. The maximum atomic E-state index is 12.3. The van der Waals surface area contributed by atoms with Crippen LogP contribution in [0.25, 0.3) is 0 Å². The zero-order valence-corrected chi connectivity index (χ0v) is 13.7. The quantitative estimate of drug-likeness (QED) is 0.763. The van der Waals surface area contributed by atoms with Crippen LogP contribution in [-0.4, -0.2) is 61.5 Å². The molecule has 0 bridgehead atoms. The van der Waals surface area contributed by atoms with Gasteiger partial charge in [-0.05, 0) is 5.56 Å². The fraction of sp³-hybridized carbons (Fsp3) is 0.400. The maximum Gasteiger partial charge on any atom is 0.336 e. The molecular formula is C15H17N3O5S. The summed E-state index contributed by atoms with van der Waals surface area (Å²) >= 11 is 0. The van der Waals surface area contributed by atoms with Crippen LogP contribution in [0.15, 0.2) is 40.0 Å². The molecule has 0 radical (unpaired) electrons. The van der Waals surface area contributed by atoms with Crippen molar-refractivity contribution in [1.29, 1.82) is 0 Å². The van der Waals surface area contributed by atoms with Crippen molar-refractivity contribution in [1.82, 2.24) is 15.1 Å². The summed E-state index contributed by atoms with van der Waals surface area (Å²) in [5.74, 6) is -0.973. The number of carbonyl (C=O) groups is 1. The molecule has 0 unspecified atom stereocenters. The van der Waals surface area contributed by atoms with E-state index in [2.05, 4.69) is 10.2 Å². The van der Waals surface area contributed by atoms with Crippen molar-refractivity contribution in [2.75, 3.05) is 32.1 Å². The molecule has 0 N–H and O–H groups in total. The van der Waals surface area contributed by atoms with Gasteiger partial charge in [-0.2, -0.15) is 0 Å². The molecule has 2 heterocycles. The first kappa shape index (κ1) is 16.6. The van der Waals surface area contributed by atoms with Gasteiger partial charge in [-0.3, -0.25) is 4.79 Å². The summed E-state index contributed by atoms with van der Waals surface area (Å²) in [7, 11) is -3.95. The van der Waals surface area contributed by atoms with Crippen molar-refractivity contribution in [2.24, 2.45) is 0 Å². The van der Waals surface area contributed by atoms with Crippen LogP contribution in [0, 0.1) is 0 Å². The molecule has 0 atom stereocenters. The lowest BCUT2D eigenvalue weighted by atomic mass is 10.2. The molecule has 3 rings (SSSR count). The highest BCUT2D eigenvalue weighted by Gasteiger charge is 2.29. The number of ether oxygens (including phenoxy) is 1. The molecule has 1 aromatic heterocycles. The monoisotopic (exact) mass is 351 g/mol. The summed E-state index contributed by atoms with van der Waals surface area (Å²) in [6.45, 7) is 1.59. The molecule has 128 valence electrons. The molecule has 1 aromatic carbocycles. The number of morpholine rings is 1. The van der Waals surface area contributed by atoms with Crippen LogP contribution in [0.4, 0.5) is 0 Å². The third-order valence-corrected chi connectivity index (χ3v) is 4.91. The third-order valence-electron chi connectivity index (χ3n) is 3.59. The zero-order valence-electron chi connectivity index (χ0n) is 12.9. The minimum Gasteiger partial charge on any atom is -0.412 e. The lowest BCUT2D eigenvalue weighted by Gasteiger charge is -2.26. The number of rotatable bonds is 5. The molecule has 1 saturated heterocycles. The normalized spacial score (nSPS) is 15.4. The average molecular weight is 351 g/mol. The predicted molar refractivity (Wildman–Crippen MR) is 83.0 cm³/mol. The largest absolute Gasteiger partial charge is 0.412 e. The second kappa shape index (κ2) is 7.10. The molecule has 0 aliphatic carbocycles. The van der Waals surface area contributed by atoms with Crippen molar-refractivity contribution in [3.8, 4) is 0 Å². The van der Waals surface area contributed by atoms with Crippen molar-refractivity contribution in [2.45, 2.75) is 11.6 Å². The van der Waals surface area contributed by atoms with Gasteiger partial charge in [-0.1, -0.05) is 35.4 Å². The minimum absolute atomic E-state index is 0.193. The maximum absolute atomic E-state index is 12.3. The number of sulfone groups is 1. The van der Waals surface area contributed by atoms with Crippen LogP contribution < -0.4 is 0 Å². The summed E-state index contributed by atoms with van der Waals surface area (Å²) in [5, 5.41) is 6.82. The van der Waals surface area contributed by atoms with E-state index in [4.69, 9.17) is 9.15 Å². The Hall–Kier alpha value is -2.26. The van der Waals surface area contributed by atoms with Crippen molar-refractivity contribution in [3.63, 3.8) is 0 Å². The number of benzene rings is 1. The number of nitrogens with zero attached hydrogens (tertiary/aromatic N) is 3. The summed E-state index contributed by atoms with van der Waals surface area (Å²) in [4.78, 5) is 13.5. The first-order chi connectivity index (χ1) is 11.5. The van der Waals surface area contributed by atoms with Gasteiger partial charge in [0.2, 0.25) is 21.6 Å². The Kier molecular flexibility index (Phi) is 4.91. The summed E-state index contributed by atoms with van der Waals surface area (Å²) in [6, 6.07) is 9.36. The fourth-order valence-electron chi connectivity index (χ4n) is 2.33. The molecule has 8 nitrogen and oxygen atoms in total. The summed E-state index contributed by atoms with van der Waals surface area (Å²) in [5.41, 5.74) is 0.925. The Morgan fingerprint density at radius 1 is 1.12 bits per heavy atom. The van der Waals surface area contributed by atoms with E-state index in [0.29, 0.717) is 32.7 Å². The lowest BCUT2D eigenvalue weighted by molar-refractivity contribution is -0.132. The Labute approximate surface area is 139 Å². The number of carbonyl (C=O) groups excluding carboxylic acids is 1. The van der Waals surface area contributed by atoms with E-state index in [0.717, 1.165) is 5.56 Å². The van der Waals surface area contributed by atoms with Gasteiger partial charge in [0.15, 0.2) is 0 Å². The van der Waals surface area contributed by atoms with Crippen LogP contribution >= 0.6 is 0 Å². The first-order valence-electron chi connectivity index (χ1n) is 7.49. The third kappa shape index (κ3) is 3.98. The van der Waals surface area contributed by atoms with Crippen LogP contribution in [0.2, 0.25) is 0 Å². The lowest BCUT2D eigenvalue weighted by Crippen LogP contribution is -2.43. The highest BCUT2D eigenvalue weighted by atomic mass is 32.2. The SMILES string of the molecule is O=C(CS(=O)(=O)c1nnc(Cc2ccccc2)o1)N1CCOCC1. The molecule has 24 heavy (non-hydrogen) atoms. The standard InChI is InChI=1S/C15H17N3O5S/c19-14(18-6-8-22-9-7-18)11-24(20,21)15-17-16-13(23-15)10-12-4-2-1-3-5-12/h1-5H,6-11H2. The topological polar surface area (TPSA) is 103 Å². The number of amides is 1. The van der Waals surface area contributed by atoms with Crippen molar-refractivity contribution >= 4 is 15.7 Å². The van der Waals surface area contributed by atoms with Gasteiger partial charge in [0, 0.05) is 13.1 Å². The van der Waals surface area contributed by atoms with Gasteiger partial charge in [0.1, 0.15) is 5.75 Å². The Morgan fingerprint density at radius 2 is 1.83 bits per heavy atom. The summed E-state index contributed by atoms with van der Waals surface area (Å²) < 4.78 is 34.9. The fourth-order valence-corrected chi connectivity index (χ4v) is 3.35. The zero-order chi connectivity index (χ0) is 17.0. The first-order valence-corrected chi connectivity index (χ1v) is 9.14. The molecule has 1 aliphatic heterocycles. The van der Waals surface area contributed by atoms with Crippen LogP contribution in [0.1, 0.15) is 11.5 Å². The molecule has 0 saturated carbocycles. The van der Waals surface area contributed by atoms with E-state index in [1.165, 1.54) is 4.90 Å². The second-order valence-electron chi connectivity index (χ2n) is 5.38. The van der Waals surface area contributed by atoms with Gasteiger partial charge in [0.25, 0.3) is 0 Å². The highest BCUT2D eigenvalue weighted by Crippen LogP contribution is 2.14. The molecule has 2 aromatic rings. The van der Waals surface area contributed by atoms with Gasteiger partial charge in [-0.15, -0.1) is 5.10 Å². The van der Waals surface area contributed by atoms with E-state index in [1.54, 1.807) is 0 Å². The van der Waals surface area contributed by atoms with Crippen molar-refractivity contribution in [3.05, 3.63) is 41.8 Å². The van der Waals surface area contributed by atoms with Gasteiger partial charge >= 0.3 is 5.22 Å². The number of aromatic nitrogens is 2. The van der Waals surface area contributed by atoms with Gasteiger partial charge in [-0.25, -0.2) is 8.42 Å². The average Bonchev–Trinajstić information content (AvgIpc) is 3.06. The van der Waals surface area contributed by atoms with E-state index >= 15 is 0 Å². The Balaban J connectivity index is 1.67. The predicted octanol–water partition coefficient (Wildman–Crippen LogP) is 0.293. The van der Waals surface area contributed by atoms with E-state index < -0.39 is 26.7 Å². The molecule has 0 spiro atoms. The van der Waals surface area contributed by atoms with Crippen molar-refractivity contribution < 1.29 is 22.4 Å². The highest BCUT2D eigenvalue weighted by molar-refractivity contribution is 7.91. The van der Waals surface area contributed by atoms with Gasteiger partial charge in [0.05, 0.1) is 19.6 Å². The molecule has 1 fully saturated rings. The number of hydrogen-bond donors (Lipinski definition) is 0. The van der Waals surface area contributed by atoms with Crippen LogP contribution in [-0.2, 0) is 25.8 Å². The Morgan fingerprint density at radius 3 is 2.54 bits per heavy atom. The molecular weight excluding hydrogens is 334 g/mol. The number of hydrogen-bond acceptors (Lipinski definition) is 7. The smallest absolute Gasteiger partial charge is 0.336 e. The minimum atomic E-state index is -3.95. The van der Waals surface area contributed by atoms with Crippen LogP contribution in [0.5, 0.6) is 0 Å². The molecule has 1 aliphatic rings. The van der Waals surface area contributed by atoms with E-state index in [9.17, 15) is 13.2 Å². The van der Waals surface area contributed by atoms with Gasteiger partial charge < -0.3 is 14.1 Å². The second-order valence-corrected chi connectivity index (χ2v) is 7.24. The van der Waals surface area contributed by atoms with Crippen LogP contribution in [0.3, 0.4) is 0 Å².